The Morgan fingerprint density at radius 1 is 1.07 bits per heavy atom. The van der Waals surface area contributed by atoms with Crippen LogP contribution in [0.3, 0.4) is 0 Å². The van der Waals surface area contributed by atoms with Crippen LogP contribution in [0, 0.1) is 17.7 Å². The summed E-state index contributed by atoms with van der Waals surface area (Å²) in [6, 6.07) is 6.87. The van der Waals surface area contributed by atoms with Crippen LogP contribution in [0.25, 0.3) is 0 Å². The van der Waals surface area contributed by atoms with Gasteiger partial charge in [-0.3, -0.25) is 9.00 Å². The summed E-state index contributed by atoms with van der Waals surface area (Å²) < 4.78 is 61.4. The van der Waals surface area contributed by atoms with Crippen LogP contribution in [-0.4, -0.2) is 67.1 Å². The van der Waals surface area contributed by atoms with E-state index in [9.17, 15) is 21.8 Å². The molecule has 0 radical (unpaired) electrons. The average Bonchev–Trinajstić information content (AvgIpc) is 3.80. The van der Waals surface area contributed by atoms with Crippen molar-refractivity contribution in [2.75, 3.05) is 38.7 Å². The summed E-state index contributed by atoms with van der Waals surface area (Å²) in [5.74, 6) is 0.992. The number of carbonyl (C=O) groups excluding carboxylic acids is 1. The molecule has 3 fully saturated rings. The van der Waals surface area contributed by atoms with Crippen molar-refractivity contribution in [2.45, 2.75) is 60.7 Å². The smallest absolute Gasteiger partial charge is 0.254 e. The normalized spacial score (nSPS) is 19.9. The van der Waals surface area contributed by atoms with Crippen molar-refractivity contribution in [3.05, 3.63) is 47.4 Å². The minimum absolute atomic E-state index is 0.0285. The van der Waals surface area contributed by atoms with Gasteiger partial charge in [0.1, 0.15) is 5.82 Å². The molecule has 1 aromatic carbocycles. The highest BCUT2D eigenvalue weighted by molar-refractivity contribution is 7.89. The number of amides is 1. The van der Waals surface area contributed by atoms with E-state index in [1.807, 2.05) is 11.0 Å². The molecule has 1 unspecified atom stereocenters. The molecule has 218 valence electrons. The Morgan fingerprint density at radius 2 is 1.80 bits per heavy atom. The van der Waals surface area contributed by atoms with Crippen molar-refractivity contribution in [2.24, 2.45) is 17.0 Å². The number of aromatic nitrogens is 1. The van der Waals surface area contributed by atoms with E-state index in [1.165, 1.54) is 12.1 Å². The lowest BCUT2D eigenvalue weighted by molar-refractivity contribution is 0.0489. The third-order valence-corrected chi connectivity index (χ3v) is 10.3. The van der Waals surface area contributed by atoms with Gasteiger partial charge in [-0.1, -0.05) is 0 Å². The highest BCUT2D eigenvalue weighted by Crippen LogP contribution is 2.40. The molecule has 2 aliphatic heterocycles. The molecule has 1 aromatic heterocycles. The Kier molecular flexibility index (Phi) is 9.18. The first-order valence-electron chi connectivity index (χ1n) is 13.9. The largest absolute Gasteiger partial charge is 0.477 e. The highest BCUT2D eigenvalue weighted by atomic mass is 32.2. The topological polar surface area (TPSA) is 129 Å². The molecule has 12 heteroatoms. The van der Waals surface area contributed by atoms with Gasteiger partial charge >= 0.3 is 0 Å². The number of rotatable bonds is 10. The maximum atomic E-state index is 14.4. The van der Waals surface area contributed by atoms with Crippen molar-refractivity contribution in [1.29, 1.82) is 0 Å². The van der Waals surface area contributed by atoms with Gasteiger partial charge < -0.3 is 14.4 Å². The van der Waals surface area contributed by atoms with Gasteiger partial charge in [0.15, 0.2) is 0 Å². The molecule has 9 nitrogen and oxygen atoms in total. The quantitative estimate of drug-likeness (QED) is 0.446. The molecule has 0 bridgehead atoms. The van der Waals surface area contributed by atoms with Crippen LogP contribution in [-0.2, 0) is 25.6 Å². The SMILES string of the molecule is NS(=O)(=O)c1ccc(S(=O)CCC2CCN(C(=O)c3cc(OCC4CCOCC4)nc(C4CC4)c3)CC2)c(F)c1. The Bertz CT molecular complexity index is 1350. The summed E-state index contributed by atoms with van der Waals surface area (Å²) in [5.41, 5.74) is 1.53. The Morgan fingerprint density at radius 3 is 2.45 bits per heavy atom. The first kappa shape index (κ1) is 29.1. The molecule has 5 rings (SSSR count). The zero-order valence-corrected chi connectivity index (χ0v) is 24.1. The van der Waals surface area contributed by atoms with Gasteiger partial charge in [-0.2, -0.15) is 0 Å². The lowest BCUT2D eigenvalue weighted by Gasteiger charge is -2.32. The molecule has 1 aliphatic carbocycles. The van der Waals surface area contributed by atoms with Crippen LogP contribution < -0.4 is 9.88 Å². The Balaban J connectivity index is 1.14. The van der Waals surface area contributed by atoms with E-state index in [4.69, 9.17) is 19.6 Å². The van der Waals surface area contributed by atoms with Crippen molar-refractivity contribution in [3.63, 3.8) is 0 Å². The lowest BCUT2D eigenvalue weighted by Crippen LogP contribution is -2.38. The van der Waals surface area contributed by atoms with Gasteiger partial charge in [0.25, 0.3) is 5.91 Å². The van der Waals surface area contributed by atoms with Gasteiger partial charge in [-0.25, -0.2) is 22.9 Å². The van der Waals surface area contributed by atoms with E-state index in [0.29, 0.717) is 49.4 Å². The number of hydrogen-bond acceptors (Lipinski definition) is 7. The maximum absolute atomic E-state index is 14.4. The summed E-state index contributed by atoms with van der Waals surface area (Å²) in [6.45, 7) is 3.26. The van der Waals surface area contributed by atoms with Crippen LogP contribution in [0.15, 0.2) is 40.1 Å². The number of primary sulfonamides is 1. The molecule has 2 N–H and O–H groups in total. The minimum atomic E-state index is -4.03. The van der Waals surface area contributed by atoms with Gasteiger partial charge in [-0.05, 0) is 81.0 Å². The van der Waals surface area contributed by atoms with E-state index in [2.05, 4.69) is 0 Å². The number of sulfonamides is 1. The third-order valence-electron chi connectivity index (χ3n) is 7.96. The molecule has 1 saturated carbocycles. The van der Waals surface area contributed by atoms with Gasteiger partial charge in [0, 0.05) is 55.3 Å². The second-order valence-electron chi connectivity index (χ2n) is 11.0. The summed E-state index contributed by atoms with van der Waals surface area (Å²) in [6.07, 6.45) is 6.25. The summed E-state index contributed by atoms with van der Waals surface area (Å²) in [7, 11) is -5.64. The number of benzene rings is 1. The summed E-state index contributed by atoms with van der Waals surface area (Å²) >= 11 is 0. The number of likely N-dealkylation sites (tertiary alicyclic amines) is 1. The van der Waals surface area contributed by atoms with E-state index < -0.39 is 26.6 Å². The van der Waals surface area contributed by atoms with E-state index in [1.54, 1.807) is 6.07 Å². The zero-order chi connectivity index (χ0) is 28.3. The van der Waals surface area contributed by atoms with Gasteiger partial charge in [0.05, 0.1) is 27.2 Å². The third kappa shape index (κ3) is 7.45. The van der Waals surface area contributed by atoms with Gasteiger partial charge in [-0.15, -0.1) is 0 Å². The van der Waals surface area contributed by atoms with Crippen LogP contribution in [0.2, 0.25) is 0 Å². The first-order chi connectivity index (χ1) is 19.2. The lowest BCUT2D eigenvalue weighted by atomic mass is 9.94. The monoisotopic (exact) mass is 593 g/mol. The summed E-state index contributed by atoms with van der Waals surface area (Å²) in [4.78, 5) is 19.6. The van der Waals surface area contributed by atoms with Gasteiger partial charge in [0.2, 0.25) is 15.9 Å². The highest BCUT2D eigenvalue weighted by Gasteiger charge is 2.29. The molecule has 1 atom stereocenters. The standard InChI is InChI=1S/C28H36FN3O6S2/c29-24-17-23(40(30,35)36)3-4-26(24)39(34)14-9-19-5-10-32(11-6-19)28(33)22-15-25(21-1-2-21)31-27(16-22)38-18-20-7-12-37-13-8-20/h3-4,15-17,19-21H,1-2,5-14,18H2,(H2,30,35,36). The van der Waals surface area contributed by atoms with E-state index >= 15 is 0 Å². The number of pyridine rings is 1. The van der Waals surface area contributed by atoms with Crippen molar-refractivity contribution in [1.82, 2.24) is 9.88 Å². The number of piperidine rings is 1. The van der Waals surface area contributed by atoms with Crippen LogP contribution in [0.4, 0.5) is 4.39 Å². The van der Waals surface area contributed by atoms with E-state index in [-0.39, 0.29) is 27.4 Å². The Hall–Kier alpha value is -2.41. The molecule has 1 amide bonds. The van der Waals surface area contributed by atoms with Crippen LogP contribution in [0.1, 0.15) is 66.9 Å². The number of nitrogens with zero attached hydrogens (tertiary/aromatic N) is 2. The first-order valence-corrected chi connectivity index (χ1v) is 16.8. The fraction of sp³-hybridized carbons (Fsp3) is 0.571. The molecule has 2 aromatic rings. The number of hydrogen-bond donors (Lipinski definition) is 1. The van der Waals surface area contributed by atoms with Crippen LogP contribution >= 0.6 is 0 Å². The fourth-order valence-electron chi connectivity index (χ4n) is 5.26. The van der Waals surface area contributed by atoms with Crippen molar-refractivity contribution < 1.29 is 31.3 Å². The number of carbonyl (C=O) groups is 1. The predicted molar refractivity (Wildman–Crippen MR) is 148 cm³/mol. The Labute approximate surface area is 237 Å². The molecule has 0 spiro atoms. The number of nitrogens with two attached hydrogens (primary N) is 1. The molecular weight excluding hydrogens is 557 g/mol. The molecular formula is C28H36FN3O6S2. The van der Waals surface area contributed by atoms with E-state index in [0.717, 1.165) is 63.5 Å². The molecule has 2 saturated heterocycles. The predicted octanol–water partition coefficient (Wildman–Crippen LogP) is 3.60. The zero-order valence-electron chi connectivity index (χ0n) is 22.4. The average molecular weight is 594 g/mol. The molecule has 40 heavy (non-hydrogen) atoms. The second-order valence-corrected chi connectivity index (χ2v) is 14.1. The van der Waals surface area contributed by atoms with Crippen LogP contribution in [0.5, 0.6) is 5.88 Å². The number of halogens is 1. The van der Waals surface area contributed by atoms with Crippen molar-refractivity contribution >= 4 is 26.7 Å². The summed E-state index contributed by atoms with van der Waals surface area (Å²) in [5, 5.41) is 5.04. The number of ether oxygens (including phenoxy) is 2. The fourth-order valence-corrected chi connectivity index (χ4v) is 7.05. The second kappa shape index (κ2) is 12.6. The minimum Gasteiger partial charge on any atom is -0.477 e. The van der Waals surface area contributed by atoms with Crippen molar-refractivity contribution in [3.8, 4) is 5.88 Å². The molecule has 3 heterocycles. The maximum Gasteiger partial charge on any atom is 0.254 e. The molecule has 3 aliphatic rings.